The van der Waals surface area contributed by atoms with E-state index in [0.29, 0.717) is 5.92 Å². The molecule has 0 aromatic carbocycles. The molecule has 2 heterocycles. The van der Waals surface area contributed by atoms with Gasteiger partial charge in [-0.3, -0.25) is 4.79 Å². The van der Waals surface area contributed by atoms with Gasteiger partial charge in [-0.2, -0.15) is 0 Å². The Kier molecular flexibility index (Phi) is 4.15. The predicted molar refractivity (Wildman–Crippen MR) is 70.4 cm³/mol. The van der Waals surface area contributed by atoms with E-state index in [1.807, 2.05) is 4.90 Å². The van der Waals surface area contributed by atoms with Crippen molar-refractivity contribution in [3.63, 3.8) is 0 Å². The van der Waals surface area contributed by atoms with E-state index >= 15 is 0 Å². The predicted octanol–water partition coefficient (Wildman–Crippen LogP) is 2.97. The van der Waals surface area contributed by atoms with Crippen molar-refractivity contribution < 1.29 is 4.79 Å². The minimum atomic E-state index is 0.181. The zero-order chi connectivity index (χ0) is 12.3. The van der Waals surface area contributed by atoms with Crippen molar-refractivity contribution in [1.82, 2.24) is 9.88 Å². The van der Waals surface area contributed by atoms with Gasteiger partial charge in [0.2, 0.25) is 0 Å². The highest BCUT2D eigenvalue weighted by Crippen LogP contribution is 2.22. The monoisotopic (exact) mass is 252 g/mol. The number of rotatable bonds is 3. The van der Waals surface area contributed by atoms with Crippen molar-refractivity contribution in [2.75, 3.05) is 13.1 Å². The molecular formula is C13H20N2OS. The van der Waals surface area contributed by atoms with E-state index in [9.17, 15) is 4.79 Å². The Labute approximate surface area is 107 Å². The normalized spacial score (nSPS) is 20.6. The van der Waals surface area contributed by atoms with Crippen LogP contribution in [0, 0.1) is 5.92 Å². The van der Waals surface area contributed by atoms with Gasteiger partial charge in [0, 0.05) is 13.1 Å². The minimum absolute atomic E-state index is 0.181. The van der Waals surface area contributed by atoms with E-state index in [0.717, 1.165) is 35.8 Å². The number of nitrogens with zero attached hydrogens (tertiary/aromatic N) is 2. The summed E-state index contributed by atoms with van der Waals surface area (Å²) < 4.78 is 0. The molecule has 1 amide bonds. The number of piperidine rings is 1. The Morgan fingerprint density at radius 2 is 2.41 bits per heavy atom. The lowest BCUT2D eigenvalue weighted by molar-refractivity contribution is 0.0676. The third-order valence-corrected chi connectivity index (χ3v) is 4.58. The number of hydrogen-bond acceptors (Lipinski definition) is 3. The van der Waals surface area contributed by atoms with Crippen LogP contribution in [0.5, 0.6) is 0 Å². The van der Waals surface area contributed by atoms with Crippen LogP contribution in [0.25, 0.3) is 0 Å². The molecule has 0 aliphatic carbocycles. The van der Waals surface area contributed by atoms with E-state index in [4.69, 9.17) is 0 Å². The second-order valence-electron chi connectivity index (χ2n) is 4.64. The van der Waals surface area contributed by atoms with Gasteiger partial charge < -0.3 is 4.90 Å². The van der Waals surface area contributed by atoms with E-state index < -0.39 is 0 Å². The SMILES string of the molecule is CCc1ncc(C(=O)N2CCCC(CC)C2)s1. The topological polar surface area (TPSA) is 33.2 Å². The molecule has 0 saturated carbocycles. The van der Waals surface area contributed by atoms with Crippen molar-refractivity contribution >= 4 is 17.2 Å². The van der Waals surface area contributed by atoms with Gasteiger partial charge in [0.25, 0.3) is 5.91 Å². The number of aryl methyl sites for hydroxylation is 1. The number of hydrogen-bond donors (Lipinski definition) is 0. The van der Waals surface area contributed by atoms with Gasteiger partial charge in [-0.1, -0.05) is 20.3 Å². The van der Waals surface area contributed by atoms with Crippen LogP contribution in [0.1, 0.15) is 47.8 Å². The molecule has 0 bridgehead atoms. The Morgan fingerprint density at radius 3 is 3.06 bits per heavy atom. The van der Waals surface area contributed by atoms with Crippen molar-refractivity contribution in [3.8, 4) is 0 Å². The van der Waals surface area contributed by atoms with Crippen molar-refractivity contribution in [3.05, 3.63) is 16.1 Å². The lowest BCUT2D eigenvalue weighted by Crippen LogP contribution is -2.39. The third kappa shape index (κ3) is 2.86. The quantitative estimate of drug-likeness (QED) is 0.828. The van der Waals surface area contributed by atoms with Gasteiger partial charge in [-0.25, -0.2) is 4.98 Å². The fourth-order valence-electron chi connectivity index (χ4n) is 2.31. The fraction of sp³-hybridized carbons (Fsp3) is 0.692. The number of amides is 1. The number of carbonyl (C=O) groups is 1. The summed E-state index contributed by atoms with van der Waals surface area (Å²) in [5, 5.41) is 1.05. The Balaban J connectivity index is 2.03. The molecule has 4 heteroatoms. The number of carbonyl (C=O) groups excluding carboxylic acids is 1. The molecule has 2 rings (SSSR count). The molecule has 1 fully saturated rings. The molecule has 0 radical (unpaired) electrons. The highest BCUT2D eigenvalue weighted by Gasteiger charge is 2.24. The van der Waals surface area contributed by atoms with Crippen LogP contribution in [0.2, 0.25) is 0 Å². The molecular weight excluding hydrogens is 232 g/mol. The Morgan fingerprint density at radius 1 is 1.59 bits per heavy atom. The fourth-order valence-corrected chi connectivity index (χ4v) is 3.14. The van der Waals surface area contributed by atoms with Gasteiger partial charge in [-0.15, -0.1) is 11.3 Å². The smallest absolute Gasteiger partial charge is 0.265 e. The molecule has 0 spiro atoms. The first kappa shape index (κ1) is 12.6. The van der Waals surface area contributed by atoms with Gasteiger partial charge in [0.05, 0.1) is 11.2 Å². The molecule has 1 saturated heterocycles. The van der Waals surface area contributed by atoms with Crippen LogP contribution < -0.4 is 0 Å². The number of thiazole rings is 1. The maximum absolute atomic E-state index is 12.3. The largest absolute Gasteiger partial charge is 0.338 e. The minimum Gasteiger partial charge on any atom is -0.338 e. The van der Waals surface area contributed by atoms with Gasteiger partial charge in [0.15, 0.2) is 0 Å². The van der Waals surface area contributed by atoms with Crippen LogP contribution in [-0.4, -0.2) is 28.9 Å². The van der Waals surface area contributed by atoms with Crippen LogP contribution >= 0.6 is 11.3 Å². The first-order chi connectivity index (χ1) is 8.24. The molecule has 94 valence electrons. The molecule has 1 aliphatic heterocycles. The summed E-state index contributed by atoms with van der Waals surface area (Å²) in [6, 6.07) is 0. The summed E-state index contributed by atoms with van der Waals surface area (Å²) in [7, 11) is 0. The van der Waals surface area contributed by atoms with E-state index in [1.165, 1.54) is 12.8 Å². The molecule has 1 aromatic rings. The van der Waals surface area contributed by atoms with Crippen LogP contribution in [0.15, 0.2) is 6.20 Å². The second-order valence-corrected chi connectivity index (χ2v) is 5.75. The lowest BCUT2D eigenvalue weighted by atomic mass is 9.95. The molecule has 1 aromatic heterocycles. The molecule has 3 nitrogen and oxygen atoms in total. The van der Waals surface area contributed by atoms with Crippen LogP contribution in [0.4, 0.5) is 0 Å². The molecule has 1 aliphatic rings. The maximum atomic E-state index is 12.3. The molecule has 1 unspecified atom stereocenters. The first-order valence-corrected chi connectivity index (χ1v) is 7.30. The highest BCUT2D eigenvalue weighted by molar-refractivity contribution is 7.13. The third-order valence-electron chi connectivity index (χ3n) is 3.45. The van der Waals surface area contributed by atoms with Crippen molar-refractivity contribution in [2.24, 2.45) is 5.92 Å². The molecule has 17 heavy (non-hydrogen) atoms. The van der Waals surface area contributed by atoms with E-state index in [1.54, 1.807) is 17.5 Å². The zero-order valence-electron chi connectivity index (χ0n) is 10.6. The van der Waals surface area contributed by atoms with Gasteiger partial charge >= 0.3 is 0 Å². The first-order valence-electron chi connectivity index (χ1n) is 6.48. The van der Waals surface area contributed by atoms with Crippen molar-refractivity contribution in [2.45, 2.75) is 39.5 Å². The highest BCUT2D eigenvalue weighted by atomic mass is 32.1. The summed E-state index contributed by atoms with van der Waals surface area (Å²) in [5.41, 5.74) is 0. The summed E-state index contributed by atoms with van der Waals surface area (Å²) in [6.45, 7) is 6.12. The van der Waals surface area contributed by atoms with Crippen LogP contribution in [0.3, 0.4) is 0 Å². The second kappa shape index (κ2) is 5.63. The summed E-state index contributed by atoms with van der Waals surface area (Å²) in [4.78, 5) is 19.4. The zero-order valence-corrected chi connectivity index (χ0v) is 11.4. The van der Waals surface area contributed by atoms with Crippen LogP contribution in [-0.2, 0) is 6.42 Å². The van der Waals surface area contributed by atoms with E-state index in [2.05, 4.69) is 18.8 Å². The van der Waals surface area contributed by atoms with E-state index in [-0.39, 0.29) is 5.91 Å². The Hall–Kier alpha value is -0.900. The standard InChI is InChI=1S/C13H20N2OS/c1-3-10-6-5-7-15(9-10)13(16)11-8-14-12(4-2)17-11/h8,10H,3-7,9H2,1-2H3. The molecule has 1 atom stereocenters. The van der Waals surface area contributed by atoms with Gasteiger partial charge in [0.1, 0.15) is 4.88 Å². The lowest BCUT2D eigenvalue weighted by Gasteiger charge is -2.31. The number of aromatic nitrogens is 1. The average Bonchev–Trinajstić information content (AvgIpc) is 2.86. The summed E-state index contributed by atoms with van der Waals surface area (Å²) in [5.74, 6) is 0.867. The van der Waals surface area contributed by atoms with Gasteiger partial charge in [-0.05, 0) is 25.2 Å². The number of likely N-dealkylation sites (tertiary alicyclic amines) is 1. The average molecular weight is 252 g/mol. The molecule has 0 N–H and O–H groups in total. The summed E-state index contributed by atoms with van der Waals surface area (Å²) in [6.07, 6.45) is 6.23. The van der Waals surface area contributed by atoms with Crippen molar-refractivity contribution in [1.29, 1.82) is 0 Å². The Bertz CT molecular complexity index is 389. The maximum Gasteiger partial charge on any atom is 0.265 e. The summed E-state index contributed by atoms with van der Waals surface area (Å²) >= 11 is 1.54.